The monoisotopic (exact) mass is 217 g/mol. The maximum atomic E-state index is 3.42. The predicted molar refractivity (Wildman–Crippen MR) is 69.2 cm³/mol. The molecule has 14 heavy (non-hydrogen) atoms. The van der Waals surface area contributed by atoms with Crippen molar-refractivity contribution in [3.63, 3.8) is 0 Å². The van der Waals surface area contributed by atoms with Crippen molar-refractivity contribution in [3.8, 4) is 0 Å². The predicted octanol–water partition coefficient (Wildman–Crippen LogP) is 3.69. The first-order valence-electron chi connectivity index (χ1n) is 6.03. The zero-order valence-electron chi connectivity index (χ0n) is 10.3. The molecule has 0 aliphatic rings. The second-order valence-electron chi connectivity index (χ2n) is 4.03. The number of unbranched alkanes of at least 4 members (excludes halogenated alkanes) is 2. The summed E-state index contributed by atoms with van der Waals surface area (Å²) in [6.45, 7) is 6.86. The van der Waals surface area contributed by atoms with Crippen LogP contribution in [0.25, 0.3) is 0 Å². The molecule has 0 fully saturated rings. The van der Waals surface area contributed by atoms with Crippen LogP contribution in [0.15, 0.2) is 0 Å². The lowest BCUT2D eigenvalue weighted by molar-refractivity contribution is 0.531. The third-order valence-electron chi connectivity index (χ3n) is 2.72. The van der Waals surface area contributed by atoms with Crippen LogP contribution in [0.1, 0.15) is 52.9 Å². The van der Waals surface area contributed by atoms with Crippen molar-refractivity contribution in [2.45, 2.75) is 64.2 Å². The SMILES string of the molecule is CCCCCC(CSC(C)CC)NC. The van der Waals surface area contributed by atoms with E-state index in [0.29, 0.717) is 0 Å². The van der Waals surface area contributed by atoms with E-state index in [0.717, 1.165) is 11.3 Å². The average molecular weight is 217 g/mol. The van der Waals surface area contributed by atoms with Gasteiger partial charge in [0.2, 0.25) is 0 Å². The average Bonchev–Trinajstić information content (AvgIpc) is 2.22. The Hall–Kier alpha value is 0.310. The van der Waals surface area contributed by atoms with Gasteiger partial charge in [0, 0.05) is 17.0 Å². The van der Waals surface area contributed by atoms with Crippen molar-refractivity contribution in [1.29, 1.82) is 0 Å². The van der Waals surface area contributed by atoms with Crippen LogP contribution in [0.4, 0.5) is 0 Å². The largest absolute Gasteiger partial charge is 0.316 e. The number of hydrogen-bond acceptors (Lipinski definition) is 2. The molecule has 0 saturated heterocycles. The third-order valence-corrected chi connectivity index (χ3v) is 4.22. The van der Waals surface area contributed by atoms with Crippen molar-refractivity contribution in [1.82, 2.24) is 5.32 Å². The van der Waals surface area contributed by atoms with Gasteiger partial charge in [0.05, 0.1) is 0 Å². The minimum Gasteiger partial charge on any atom is -0.316 e. The molecule has 1 nitrogen and oxygen atoms in total. The Morgan fingerprint density at radius 3 is 2.43 bits per heavy atom. The molecular formula is C12H27NS. The number of nitrogens with one attached hydrogen (secondary N) is 1. The summed E-state index contributed by atoms with van der Waals surface area (Å²) in [5.74, 6) is 1.27. The van der Waals surface area contributed by atoms with Gasteiger partial charge < -0.3 is 5.32 Å². The van der Waals surface area contributed by atoms with E-state index in [2.05, 4.69) is 44.9 Å². The molecule has 0 aliphatic heterocycles. The van der Waals surface area contributed by atoms with Gasteiger partial charge in [-0.1, -0.05) is 40.0 Å². The molecule has 1 N–H and O–H groups in total. The summed E-state index contributed by atoms with van der Waals surface area (Å²) in [6, 6.07) is 0.723. The van der Waals surface area contributed by atoms with Crippen molar-refractivity contribution in [3.05, 3.63) is 0 Å². The molecule has 0 aromatic carbocycles. The Balaban J connectivity index is 3.47. The third kappa shape index (κ3) is 7.69. The first-order valence-corrected chi connectivity index (χ1v) is 7.08. The quantitative estimate of drug-likeness (QED) is 0.591. The van der Waals surface area contributed by atoms with Gasteiger partial charge in [-0.3, -0.25) is 0 Å². The smallest absolute Gasteiger partial charge is 0.0155 e. The summed E-state index contributed by atoms with van der Waals surface area (Å²) < 4.78 is 0. The van der Waals surface area contributed by atoms with Crippen molar-refractivity contribution >= 4 is 11.8 Å². The van der Waals surface area contributed by atoms with E-state index in [1.807, 2.05) is 0 Å². The summed E-state index contributed by atoms with van der Waals surface area (Å²) in [4.78, 5) is 0. The molecule has 0 aliphatic carbocycles. The lowest BCUT2D eigenvalue weighted by Gasteiger charge is -2.17. The van der Waals surface area contributed by atoms with E-state index in [-0.39, 0.29) is 0 Å². The fraction of sp³-hybridized carbons (Fsp3) is 1.00. The fourth-order valence-electron chi connectivity index (χ4n) is 1.35. The van der Waals surface area contributed by atoms with Gasteiger partial charge >= 0.3 is 0 Å². The fourth-order valence-corrected chi connectivity index (χ4v) is 2.48. The van der Waals surface area contributed by atoms with Gasteiger partial charge in [-0.2, -0.15) is 11.8 Å². The molecule has 2 atom stereocenters. The maximum Gasteiger partial charge on any atom is 0.0155 e. The van der Waals surface area contributed by atoms with Crippen LogP contribution >= 0.6 is 11.8 Å². The zero-order valence-corrected chi connectivity index (χ0v) is 11.1. The molecule has 0 aromatic heterocycles. The molecule has 0 spiro atoms. The van der Waals surface area contributed by atoms with E-state index >= 15 is 0 Å². The number of rotatable bonds is 9. The zero-order chi connectivity index (χ0) is 10.8. The molecule has 0 heterocycles. The summed E-state index contributed by atoms with van der Waals surface area (Å²) in [5.41, 5.74) is 0. The standard InChI is InChI=1S/C12H27NS/c1-5-7-8-9-12(13-4)10-14-11(3)6-2/h11-13H,5-10H2,1-4H3. The lowest BCUT2D eigenvalue weighted by atomic mass is 10.1. The minimum absolute atomic E-state index is 0.723. The maximum absolute atomic E-state index is 3.42. The Labute approximate surface area is 94.4 Å². The summed E-state index contributed by atoms with van der Waals surface area (Å²) in [5, 5.41) is 4.24. The van der Waals surface area contributed by atoms with Gasteiger partial charge in [0.1, 0.15) is 0 Å². The highest BCUT2D eigenvalue weighted by Crippen LogP contribution is 2.16. The van der Waals surface area contributed by atoms with Gasteiger partial charge in [-0.25, -0.2) is 0 Å². The number of thioether (sulfide) groups is 1. The Bertz CT molecular complexity index is 117. The summed E-state index contributed by atoms with van der Waals surface area (Å²) in [6.07, 6.45) is 6.72. The minimum atomic E-state index is 0.723. The topological polar surface area (TPSA) is 12.0 Å². The second-order valence-corrected chi connectivity index (χ2v) is 5.50. The molecule has 0 rings (SSSR count). The highest BCUT2D eigenvalue weighted by Gasteiger charge is 2.07. The van der Waals surface area contributed by atoms with Crippen LogP contribution in [-0.4, -0.2) is 24.1 Å². The molecule has 0 aromatic rings. The Morgan fingerprint density at radius 1 is 1.21 bits per heavy atom. The van der Waals surface area contributed by atoms with E-state index in [1.165, 1.54) is 37.9 Å². The molecule has 0 amide bonds. The summed E-state index contributed by atoms with van der Waals surface area (Å²) >= 11 is 2.10. The van der Waals surface area contributed by atoms with E-state index in [4.69, 9.17) is 0 Å². The number of hydrogen-bond donors (Lipinski definition) is 1. The lowest BCUT2D eigenvalue weighted by Crippen LogP contribution is -2.28. The molecular weight excluding hydrogens is 190 g/mol. The highest BCUT2D eigenvalue weighted by molar-refractivity contribution is 7.99. The first-order chi connectivity index (χ1) is 6.74. The molecule has 2 unspecified atom stereocenters. The van der Waals surface area contributed by atoms with Crippen LogP contribution in [0.2, 0.25) is 0 Å². The second kappa shape index (κ2) is 9.85. The molecule has 0 radical (unpaired) electrons. The Kier molecular flexibility index (Phi) is 10.1. The van der Waals surface area contributed by atoms with Crippen LogP contribution in [0, 0.1) is 0 Å². The molecule has 0 bridgehead atoms. The van der Waals surface area contributed by atoms with Crippen molar-refractivity contribution in [2.24, 2.45) is 0 Å². The van der Waals surface area contributed by atoms with Gasteiger partial charge in [-0.15, -0.1) is 0 Å². The highest BCUT2D eigenvalue weighted by atomic mass is 32.2. The molecule has 0 saturated carbocycles. The van der Waals surface area contributed by atoms with Crippen molar-refractivity contribution in [2.75, 3.05) is 12.8 Å². The normalized spacial score (nSPS) is 15.4. The van der Waals surface area contributed by atoms with Crippen LogP contribution in [-0.2, 0) is 0 Å². The van der Waals surface area contributed by atoms with Gasteiger partial charge in [0.25, 0.3) is 0 Å². The van der Waals surface area contributed by atoms with E-state index < -0.39 is 0 Å². The van der Waals surface area contributed by atoms with Gasteiger partial charge in [0.15, 0.2) is 0 Å². The van der Waals surface area contributed by atoms with Crippen LogP contribution in [0.3, 0.4) is 0 Å². The first kappa shape index (κ1) is 14.3. The summed E-state index contributed by atoms with van der Waals surface area (Å²) in [7, 11) is 2.09. The van der Waals surface area contributed by atoms with E-state index in [9.17, 15) is 0 Å². The van der Waals surface area contributed by atoms with E-state index in [1.54, 1.807) is 0 Å². The van der Waals surface area contributed by atoms with Crippen LogP contribution < -0.4 is 5.32 Å². The Morgan fingerprint density at radius 2 is 1.93 bits per heavy atom. The van der Waals surface area contributed by atoms with Crippen molar-refractivity contribution < 1.29 is 0 Å². The van der Waals surface area contributed by atoms with Crippen LogP contribution in [0.5, 0.6) is 0 Å². The molecule has 86 valence electrons. The van der Waals surface area contributed by atoms with Gasteiger partial charge in [-0.05, 0) is 19.9 Å². The molecule has 2 heteroatoms.